The number of benzene rings is 8. The topological polar surface area (TPSA) is 32.5 Å². The molecule has 0 bridgehead atoms. The lowest BCUT2D eigenvalue weighted by molar-refractivity contribution is 0.620. The minimum absolute atomic E-state index is 0.0852. The molecule has 1 heterocycles. The molecule has 0 aliphatic heterocycles. The van der Waals surface area contributed by atoms with Crippen LogP contribution in [-0.4, -0.2) is 4.98 Å². The summed E-state index contributed by atoms with van der Waals surface area (Å²) in [5.74, 6) is 0.598. The fraction of sp³-hybridized carbons (Fsp3) is 0.0600. The summed E-state index contributed by atoms with van der Waals surface area (Å²) in [6, 6.07) is 66.7. The van der Waals surface area contributed by atoms with Crippen molar-refractivity contribution in [2.75, 3.05) is 9.80 Å². The normalized spacial score (nSPS) is 12.8. The molecule has 4 nitrogen and oxygen atoms in total. The second kappa shape index (κ2) is 12.6. The van der Waals surface area contributed by atoms with Crippen molar-refractivity contribution in [3.8, 4) is 22.6 Å². The molecule has 10 rings (SSSR count). The van der Waals surface area contributed by atoms with Gasteiger partial charge in [-0.15, -0.1) is 0 Å². The van der Waals surface area contributed by atoms with E-state index in [2.05, 4.69) is 206 Å². The summed E-state index contributed by atoms with van der Waals surface area (Å²) in [7, 11) is 0. The van der Waals surface area contributed by atoms with E-state index < -0.39 is 0 Å². The lowest BCUT2D eigenvalue weighted by Gasteiger charge is -2.30. The number of fused-ring (bicyclic) bond motifs is 6. The zero-order valence-electron chi connectivity index (χ0n) is 30.1. The van der Waals surface area contributed by atoms with Crippen LogP contribution in [0.2, 0.25) is 0 Å². The number of oxazole rings is 1. The van der Waals surface area contributed by atoms with Gasteiger partial charge >= 0.3 is 0 Å². The summed E-state index contributed by atoms with van der Waals surface area (Å²) in [4.78, 5) is 9.72. The van der Waals surface area contributed by atoms with Gasteiger partial charge in [-0.25, -0.2) is 4.98 Å². The molecule has 0 saturated carbocycles. The minimum Gasteiger partial charge on any atom is -0.436 e. The number of para-hydroxylation sites is 2. The molecule has 8 aromatic carbocycles. The van der Waals surface area contributed by atoms with E-state index in [4.69, 9.17) is 9.40 Å². The van der Waals surface area contributed by atoms with Crippen molar-refractivity contribution >= 4 is 56.0 Å². The number of nitrogens with zero attached hydrogens (tertiary/aromatic N) is 3. The van der Waals surface area contributed by atoms with Gasteiger partial charge in [-0.3, -0.25) is 0 Å². The van der Waals surface area contributed by atoms with Crippen molar-refractivity contribution < 1.29 is 4.42 Å². The van der Waals surface area contributed by atoms with Crippen LogP contribution in [0.1, 0.15) is 25.0 Å². The molecule has 54 heavy (non-hydrogen) atoms. The second-order valence-electron chi connectivity index (χ2n) is 14.5. The maximum Gasteiger partial charge on any atom is 0.227 e. The first-order chi connectivity index (χ1) is 26.5. The number of aromatic nitrogens is 1. The molecule has 0 atom stereocenters. The molecule has 1 aliphatic rings. The van der Waals surface area contributed by atoms with Crippen molar-refractivity contribution in [3.05, 3.63) is 199 Å². The van der Waals surface area contributed by atoms with Crippen molar-refractivity contribution in [3.63, 3.8) is 0 Å². The Morgan fingerprint density at radius 2 is 1.02 bits per heavy atom. The summed E-state index contributed by atoms with van der Waals surface area (Å²) in [6.45, 7) is 4.65. The highest BCUT2D eigenvalue weighted by molar-refractivity contribution is 6.04. The Morgan fingerprint density at radius 3 is 1.78 bits per heavy atom. The summed E-state index contributed by atoms with van der Waals surface area (Å²) < 4.78 is 6.44. The van der Waals surface area contributed by atoms with Crippen LogP contribution in [0.25, 0.3) is 44.5 Å². The summed E-state index contributed by atoms with van der Waals surface area (Å²) in [5.41, 5.74) is 14.1. The molecule has 0 radical (unpaired) electrons. The van der Waals surface area contributed by atoms with Gasteiger partial charge in [0.1, 0.15) is 5.52 Å². The van der Waals surface area contributed by atoms with Crippen LogP contribution in [0.15, 0.2) is 192 Å². The van der Waals surface area contributed by atoms with Gasteiger partial charge in [0.05, 0.1) is 0 Å². The molecule has 4 heteroatoms. The van der Waals surface area contributed by atoms with E-state index in [1.807, 2.05) is 6.07 Å². The van der Waals surface area contributed by atoms with E-state index in [1.54, 1.807) is 0 Å². The maximum absolute atomic E-state index is 6.44. The summed E-state index contributed by atoms with van der Waals surface area (Å²) in [6.07, 6.45) is 0. The molecular formula is C50H37N3O. The second-order valence-corrected chi connectivity index (χ2v) is 14.5. The van der Waals surface area contributed by atoms with Crippen LogP contribution >= 0.6 is 0 Å². The monoisotopic (exact) mass is 695 g/mol. The van der Waals surface area contributed by atoms with Gasteiger partial charge in [0.15, 0.2) is 5.58 Å². The van der Waals surface area contributed by atoms with Crippen molar-refractivity contribution in [1.82, 2.24) is 4.98 Å². The third-order valence-corrected chi connectivity index (χ3v) is 10.8. The molecular weight excluding hydrogens is 659 g/mol. The van der Waals surface area contributed by atoms with Crippen LogP contribution in [0, 0.1) is 0 Å². The molecule has 0 unspecified atom stereocenters. The predicted octanol–water partition coefficient (Wildman–Crippen LogP) is 13.9. The first-order valence-corrected chi connectivity index (χ1v) is 18.5. The average molecular weight is 696 g/mol. The van der Waals surface area contributed by atoms with Crippen LogP contribution in [0.5, 0.6) is 0 Å². The zero-order chi connectivity index (χ0) is 36.2. The van der Waals surface area contributed by atoms with Gasteiger partial charge in [0.25, 0.3) is 0 Å². The predicted molar refractivity (Wildman–Crippen MR) is 224 cm³/mol. The molecule has 1 aliphatic carbocycles. The van der Waals surface area contributed by atoms with Gasteiger partial charge in [0.2, 0.25) is 5.89 Å². The number of hydrogen-bond donors (Lipinski definition) is 0. The first kappa shape index (κ1) is 31.8. The lowest BCUT2D eigenvalue weighted by Crippen LogP contribution is -2.15. The van der Waals surface area contributed by atoms with Crippen LogP contribution in [0.4, 0.5) is 34.1 Å². The quantitative estimate of drug-likeness (QED) is 0.166. The van der Waals surface area contributed by atoms with Crippen molar-refractivity contribution in [2.45, 2.75) is 19.3 Å². The van der Waals surface area contributed by atoms with Gasteiger partial charge in [-0.2, -0.15) is 0 Å². The lowest BCUT2D eigenvalue weighted by atomic mass is 9.82. The van der Waals surface area contributed by atoms with Crippen molar-refractivity contribution in [2.24, 2.45) is 0 Å². The molecule has 0 spiro atoms. The van der Waals surface area contributed by atoms with Gasteiger partial charge in [-0.1, -0.05) is 123 Å². The third-order valence-electron chi connectivity index (χ3n) is 10.8. The maximum atomic E-state index is 6.44. The highest BCUT2D eigenvalue weighted by Crippen LogP contribution is 2.51. The Kier molecular flexibility index (Phi) is 7.44. The molecule has 0 N–H and O–H groups in total. The molecule has 0 fully saturated rings. The van der Waals surface area contributed by atoms with Crippen LogP contribution in [-0.2, 0) is 5.41 Å². The number of hydrogen-bond acceptors (Lipinski definition) is 4. The van der Waals surface area contributed by atoms with E-state index in [-0.39, 0.29) is 5.41 Å². The van der Waals surface area contributed by atoms with E-state index in [9.17, 15) is 0 Å². The SMILES string of the molecule is CC1(C)c2ccccc2-c2cc(N(c3cccc(-c4nc5c(ccc6ccccc65)o4)c3)c3cccc(N(c4ccccc4)c4ccccc4)c3)ccc21. The number of anilines is 6. The highest BCUT2D eigenvalue weighted by atomic mass is 16.3. The van der Waals surface area contributed by atoms with E-state index >= 15 is 0 Å². The van der Waals surface area contributed by atoms with Crippen molar-refractivity contribution in [1.29, 1.82) is 0 Å². The average Bonchev–Trinajstić information content (AvgIpc) is 3.76. The summed E-state index contributed by atoms with van der Waals surface area (Å²) in [5, 5.41) is 2.23. The zero-order valence-corrected chi connectivity index (χ0v) is 30.1. The van der Waals surface area contributed by atoms with E-state index in [1.165, 1.54) is 22.3 Å². The smallest absolute Gasteiger partial charge is 0.227 e. The number of rotatable bonds is 7. The van der Waals surface area contributed by atoms with Crippen LogP contribution < -0.4 is 9.80 Å². The first-order valence-electron chi connectivity index (χ1n) is 18.5. The molecule has 1 aromatic heterocycles. The highest BCUT2D eigenvalue weighted by Gasteiger charge is 2.35. The fourth-order valence-corrected chi connectivity index (χ4v) is 8.23. The van der Waals surface area contributed by atoms with Gasteiger partial charge < -0.3 is 14.2 Å². The standard InChI is InChI=1S/C50H37N3O/c1-50(2)45-26-12-11-25-43(45)44-33-41(28-29-46(44)50)53(40-23-14-22-39(32-40)52(36-17-5-3-6-18-36)37-19-7-4-8-20-37)38-21-13-16-35(31-38)49-51-48-42-24-10-9-15-34(42)27-30-47(48)54-49/h3-33H,1-2H3. The third kappa shape index (κ3) is 5.26. The minimum atomic E-state index is -0.0852. The molecule has 0 saturated heterocycles. The Morgan fingerprint density at radius 1 is 0.444 bits per heavy atom. The van der Waals surface area contributed by atoms with Crippen LogP contribution in [0.3, 0.4) is 0 Å². The van der Waals surface area contributed by atoms with E-state index in [0.29, 0.717) is 5.89 Å². The molecule has 258 valence electrons. The largest absolute Gasteiger partial charge is 0.436 e. The molecule has 9 aromatic rings. The fourth-order valence-electron chi connectivity index (χ4n) is 8.23. The Balaban J connectivity index is 1.15. The van der Waals surface area contributed by atoms with E-state index in [0.717, 1.165) is 61.6 Å². The van der Waals surface area contributed by atoms with Gasteiger partial charge in [-0.05, 0) is 107 Å². The van der Waals surface area contributed by atoms with Gasteiger partial charge in [0, 0.05) is 50.5 Å². The summed E-state index contributed by atoms with van der Waals surface area (Å²) >= 11 is 0. The Bertz CT molecular complexity index is 2780. The Labute approximate surface area is 315 Å². The Hall–Kier alpha value is -6.91. The molecule has 0 amide bonds.